The Labute approximate surface area is 189 Å². The summed E-state index contributed by atoms with van der Waals surface area (Å²) in [6.07, 6.45) is 3.27. The van der Waals surface area contributed by atoms with Crippen LogP contribution in [0.25, 0.3) is 43.6 Å². The molecule has 2 heteroatoms. The van der Waals surface area contributed by atoms with Crippen LogP contribution in [0, 0.1) is 19.8 Å². The lowest BCUT2D eigenvalue weighted by Crippen LogP contribution is -2.32. The summed E-state index contributed by atoms with van der Waals surface area (Å²) in [5.74, 6) is 2.58. The summed E-state index contributed by atoms with van der Waals surface area (Å²) in [5, 5.41) is 7.67. The van der Waals surface area contributed by atoms with Crippen molar-refractivity contribution in [3.05, 3.63) is 77.5 Å². The molecule has 0 fully saturated rings. The molecule has 0 saturated heterocycles. The maximum absolute atomic E-state index is 6.78. The Morgan fingerprint density at radius 3 is 2.28 bits per heavy atom. The Hall–Kier alpha value is -3.39. The molecule has 2 heterocycles. The monoisotopic (exact) mass is 418 g/mol. The highest BCUT2D eigenvalue weighted by Crippen LogP contribution is 2.51. The Morgan fingerprint density at radius 1 is 0.812 bits per heavy atom. The Morgan fingerprint density at radius 2 is 1.53 bits per heavy atom. The molecule has 0 aliphatic carbocycles. The van der Waals surface area contributed by atoms with Gasteiger partial charge in [0.15, 0.2) is 6.20 Å². The number of aryl methyl sites for hydroxylation is 3. The summed E-state index contributed by atoms with van der Waals surface area (Å²) in [6, 6.07) is 19.9. The molecule has 2 nitrogen and oxygen atoms in total. The summed E-state index contributed by atoms with van der Waals surface area (Å²) >= 11 is 0. The fraction of sp³-hybridized carbons (Fsp3) is 0.233. The van der Waals surface area contributed by atoms with E-state index in [1.54, 1.807) is 0 Å². The van der Waals surface area contributed by atoms with Gasteiger partial charge in [-0.15, -0.1) is 0 Å². The Bertz CT molecular complexity index is 1580. The first-order valence-electron chi connectivity index (χ1n) is 11.5. The average molecular weight is 419 g/mol. The molecule has 1 aliphatic heterocycles. The lowest BCUT2D eigenvalue weighted by molar-refractivity contribution is -0.659. The van der Waals surface area contributed by atoms with Crippen LogP contribution in [0.5, 0.6) is 11.5 Å². The van der Waals surface area contributed by atoms with Crippen molar-refractivity contribution in [2.45, 2.75) is 34.1 Å². The molecule has 0 radical (unpaired) electrons. The summed E-state index contributed by atoms with van der Waals surface area (Å²) in [6.45, 7) is 8.99. The van der Waals surface area contributed by atoms with E-state index < -0.39 is 0 Å². The molecule has 0 atom stereocenters. The molecule has 0 unspecified atom stereocenters. The molecule has 0 bridgehead atoms. The van der Waals surface area contributed by atoms with Crippen molar-refractivity contribution in [3.63, 3.8) is 0 Å². The van der Waals surface area contributed by atoms with Gasteiger partial charge in [0.25, 0.3) is 0 Å². The molecule has 32 heavy (non-hydrogen) atoms. The van der Waals surface area contributed by atoms with Crippen molar-refractivity contribution in [2.75, 3.05) is 0 Å². The van der Waals surface area contributed by atoms with E-state index in [-0.39, 0.29) is 0 Å². The fourth-order valence-electron chi connectivity index (χ4n) is 5.62. The normalized spacial score (nSPS) is 12.6. The number of hydrogen-bond donors (Lipinski definition) is 0. The summed E-state index contributed by atoms with van der Waals surface area (Å²) in [7, 11) is 2.15. The first kappa shape index (κ1) is 19.3. The van der Waals surface area contributed by atoms with Gasteiger partial charge in [0.1, 0.15) is 18.5 Å². The van der Waals surface area contributed by atoms with Crippen molar-refractivity contribution in [3.8, 4) is 22.8 Å². The van der Waals surface area contributed by atoms with Gasteiger partial charge in [-0.2, -0.15) is 0 Å². The van der Waals surface area contributed by atoms with Crippen molar-refractivity contribution in [1.82, 2.24) is 0 Å². The minimum absolute atomic E-state index is 0.606. The third-order valence-electron chi connectivity index (χ3n) is 7.09. The van der Waals surface area contributed by atoms with Crippen LogP contribution in [0.15, 0.2) is 60.8 Å². The lowest BCUT2D eigenvalue weighted by atomic mass is 9.87. The van der Waals surface area contributed by atoms with Gasteiger partial charge < -0.3 is 4.74 Å². The van der Waals surface area contributed by atoms with Crippen LogP contribution in [0.3, 0.4) is 0 Å². The molecule has 5 aromatic rings. The van der Waals surface area contributed by atoms with E-state index in [2.05, 4.69) is 100 Å². The van der Waals surface area contributed by atoms with E-state index in [0.717, 1.165) is 17.9 Å². The maximum Gasteiger partial charge on any atom is 0.228 e. The van der Waals surface area contributed by atoms with Gasteiger partial charge in [-0.25, -0.2) is 4.57 Å². The van der Waals surface area contributed by atoms with Crippen LogP contribution in [-0.2, 0) is 13.5 Å². The molecule has 1 aromatic heterocycles. The van der Waals surface area contributed by atoms with E-state index in [4.69, 9.17) is 4.74 Å². The molecular weight excluding hydrogens is 390 g/mol. The predicted octanol–water partition coefficient (Wildman–Crippen LogP) is 7.56. The van der Waals surface area contributed by atoms with Gasteiger partial charge in [0.05, 0.1) is 10.9 Å². The second-order valence-electron chi connectivity index (χ2n) is 9.65. The number of hydrogen-bond acceptors (Lipinski definition) is 1. The topological polar surface area (TPSA) is 13.1 Å². The number of pyridine rings is 1. The zero-order valence-electron chi connectivity index (χ0n) is 19.4. The number of fused-ring (bicyclic) bond motifs is 5. The molecule has 0 N–H and O–H groups in total. The van der Waals surface area contributed by atoms with E-state index in [9.17, 15) is 0 Å². The van der Waals surface area contributed by atoms with Crippen molar-refractivity contribution in [1.29, 1.82) is 0 Å². The standard InChI is InChI=1S/C30H28NO/c1-17(2)15-20-9-8-12-23-24-13-14-31(5)29-27-18(3)21-10-6-7-11-22(21)19(4)30(27)32-26(28(24)29)16-25(20)23/h6-14,16-17H,15H2,1-5H3/q+1. The molecule has 0 amide bonds. The van der Waals surface area contributed by atoms with E-state index in [0.29, 0.717) is 5.92 Å². The SMILES string of the molecule is Cc1c2c(c(C)c3ccccc13)-c1c3c(cc4c(CC(C)C)cccc4c3cc[n+]1C)O2. The second kappa shape index (κ2) is 6.80. The molecule has 6 rings (SSSR count). The van der Waals surface area contributed by atoms with Crippen molar-refractivity contribution in [2.24, 2.45) is 13.0 Å². The van der Waals surface area contributed by atoms with Crippen LogP contribution >= 0.6 is 0 Å². The van der Waals surface area contributed by atoms with Crippen molar-refractivity contribution < 1.29 is 9.30 Å². The Balaban J connectivity index is 1.79. The van der Waals surface area contributed by atoms with E-state index in [1.807, 2.05) is 0 Å². The number of ether oxygens (including phenoxy) is 1. The third kappa shape index (κ3) is 2.56. The number of benzene rings is 4. The van der Waals surface area contributed by atoms with Gasteiger partial charge in [-0.05, 0) is 64.9 Å². The van der Waals surface area contributed by atoms with Crippen molar-refractivity contribution >= 4 is 32.3 Å². The van der Waals surface area contributed by atoms with E-state index in [1.165, 1.54) is 60.3 Å². The minimum atomic E-state index is 0.606. The van der Waals surface area contributed by atoms with Crippen LogP contribution in [0.2, 0.25) is 0 Å². The van der Waals surface area contributed by atoms with Crippen LogP contribution in [0.1, 0.15) is 30.5 Å². The summed E-state index contributed by atoms with van der Waals surface area (Å²) < 4.78 is 9.04. The lowest BCUT2D eigenvalue weighted by Gasteiger charge is -2.25. The quantitative estimate of drug-likeness (QED) is 0.209. The predicted molar refractivity (Wildman–Crippen MR) is 134 cm³/mol. The molecule has 0 saturated carbocycles. The summed E-state index contributed by atoms with van der Waals surface area (Å²) in [5.41, 5.74) is 6.36. The van der Waals surface area contributed by atoms with Gasteiger partial charge in [0, 0.05) is 17.0 Å². The largest absolute Gasteiger partial charge is 0.455 e. The first-order valence-corrected chi connectivity index (χ1v) is 11.5. The van der Waals surface area contributed by atoms with Gasteiger partial charge in [0.2, 0.25) is 5.69 Å². The van der Waals surface area contributed by atoms with Gasteiger partial charge >= 0.3 is 0 Å². The number of aromatic nitrogens is 1. The molecule has 1 aliphatic rings. The smallest absolute Gasteiger partial charge is 0.228 e. The van der Waals surface area contributed by atoms with Crippen LogP contribution < -0.4 is 9.30 Å². The maximum atomic E-state index is 6.78. The molecule has 4 aromatic carbocycles. The van der Waals surface area contributed by atoms with Crippen LogP contribution in [-0.4, -0.2) is 0 Å². The zero-order chi connectivity index (χ0) is 22.1. The molecule has 0 spiro atoms. The molecular formula is C30H28NO+. The average Bonchev–Trinajstić information content (AvgIpc) is 2.79. The fourth-order valence-corrected chi connectivity index (χ4v) is 5.62. The van der Waals surface area contributed by atoms with Gasteiger partial charge in [-0.3, -0.25) is 0 Å². The first-order chi connectivity index (χ1) is 15.5. The second-order valence-corrected chi connectivity index (χ2v) is 9.65. The van der Waals surface area contributed by atoms with Crippen LogP contribution in [0.4, 0.5) is 0 Å². The highest BCUT2D eigenvalue weighted by molar-refractivity contribution is 6.16. The Kier molecular flexibility index (Phi) is 4.10. The minimum Gasteiger partial charge on any atom is -0.455 e. The van der Waals surface area contributed by atoms with Gasteiger partial charge in [-0.1, -0.05) is 56.3 Å². The molecule has 158 valence electrons. The number of nitrogens with zero attached hydrogens (tertiary/aromatic N) is 1. The summed E-state index contributed by atoms with van der Waals surface area (Å²) in [4.78, 5) is 0. The highest BCUT2D eigenvalue weighted by Gasteiger charge is 2.32. The number of rotatable bonds is 2. The highest BCUT2D eigenvalue weighted by atomic mass is 16.5. The van der Waals surface area contributed by atoms with E-state index >= 15 is 0 Å². The third-order valence-corrected chi connectivity index (χ3v) is 7.09. The zero-order valence-corrected chi connectivity index (χ0v) is 19.4.